The summed E-state index contributed by atoms with van der Waals surface area (Å²) in [5.41, 5.74) is 0.363. The van der Waals surface area contributed by atoms with Crippen LogP contribution in [0.5, 0.6) is 0 Å². The maximum atomic E-state index is 13.3. The van der Waals surface area contributed by atoms with Crippen LogP contribution in [0.2, 0.25) is 0 Å². The highest BCUT2D eigenvalue weighted by molar-refractivity contribution is 7.89. The maximum absolute atomic E-state index is 13.3. The van der Waals surface area contributed by atoms with E-state index in [9.17, 15) is 22.7 Å². The molecule has 6 nitrogen and oxygen atoms in total. The van der Waals surface area contributed by atoms with E-state index in [1.807, 2.05) is 0 Å². The van der Waals surface area contributed by atoms with Gasteiger partial charge in [-0.05, 0) is 69.2 Å². The third-order valence-electron chi connectivity index (χ3n) is 5.55. The SMILES string of the molecule is Cc1cc(F)ccc1S(=O)(=O)N1CCCC(C(=O)NC2CCC(O)CC2)C1. The Labute approximate surface area is 159 Å². The van der Waals surface area contributed by atoms with Gasteiger partial charge in [-0.2, -0.15) is 4.31 Å². The van der Waals surface area contributed by atoms with Gasteiger partial charge in [0, 0.05) is 19.1 Å². The number of rotatable bonds is 4. The van der Waals surface area contributed by atoms with E-state index in [4.69, 9.17) is 0 Å². The van der Waals surface area contributed by atoms with Crippen LogP contribution in [0.25, 0.3) is 0 Å². The lowest BCUT2D eigenvalue weighted by Crippen LogP contribution is -2.48. The highest BCUT2D eigenvalue weighted by Gasteiger charge is 2.35. The van der Waals surface area contributed by atoms with E-state index in [-0.39, 0.29) is 35.4 Å². The number of benzene rings is 1. The number of aryl methyl sites for hydroxylation is 1. The molecule has 1 heterocycles. The lowest BCUT2D eigenvalue weighted by molar-refractivity contribution is -0.127. The van der Waals surface area contributed by atoms with Crippen molar-refractivity contribution in [3.63, 3.8) is 0 Å². The number of nitrogens with one attached hydrogen (secondary N) is 1. The molecule has 2 fully saturated rings. The van der Waals surface area contributed by atoms with Crippen LogP contribution in [-0.2, 0) is 14.8 Å². The average Bonchev–Trinajstić information content (AvgIpc) is 2.63. The van der Waals surface area contributed by atoms with E-state index in [2.05, 4.69) is 5.32 Å². The first-order chi connectivity index (χ1) is 12.8. The predicted octanol–water partition coefficient (Wildman–Crippen LogP) is 1.95. The zero-order valence-corrected chi connectivity index (χ0v) is 16.3. The highest BCUT2D eigenvalue weighted by atomic mass is 32.2. The van der Waals surface area contributed by atoms with E-state index < -0.39 is 15.8 Å². The van der Waals surface area contributed by atoms with E-state index in [1.54, 1.807) is 6.92 Å². The van der Waals surface area contributed by atoms with Gasteiger partial charge in [-0.25, -0.2) is 12.8 Å². The molecular formula is C19H27FN2O4S. The van der Waals surface area contributed by atoms with Crippen molar-refractivity contribution in [2.75, 3.05) is 13.1 Å². The fourth-order valence-corrected chi connectivity index (χ4v) is 5.68. The summed E-state index contributed by atoms with van der Waals surface area (Å²) < 4.78 is 40.6. The molecule has 2 N–H and O–H groups in total. The molecule has 1 atom stereocenters. The molecule has 1 amide bonds. The molecule has 1 saturated heterocycles. The van der Waals surface area contributed by atoms with Crippen LogP contribution >= 0.6 is 0 Å². The minimum atomic E-state index is -3.76. The summed E-state index contributed by atoms with van der Waals surface area (Å²) in [7, 11) is -3.76. The summed E-state index contributed by atoms with van der Waals surface area (Å²) in [6, 6.07) is 3.69. The Kier molecular flexibility index (Phi) is 6.18. The Bertz CT molecular complexity index is 791. The standard InChI is InChI=1S/C19H27FN2O4S/c1-13-11-15(20)4-9-18(13)27(25,26)22-10-2-3-14(12-22)19(24)21-16-5-7-17(23)8-6-16/h4,9,11,14,16-17,23H,2-3,5-8,10,12H2,1H3,(H,21,24). The van der Waals surface area contributed by atoms with E-state index in [0.717, 1.165) is 18.9 Å². The van der Waals surface area contributed by atoms with Crippen LogP contribution < -0.4 is 5.32 Å². The van der Waals surface area contributed by atoms with Crippen molar-refractivity contribution in [2.24, 2.45) is 5.92 Å². The van der Waals surface area contributed by atoms with Crippen molar-refractivity contribution >= 4 is 15.9 Å². The summed E-state index contributed by atoms with van der Waals surface area (Å²) in [6.45, 7) is 2.07. The molecule has 0 aromatic heterocycles. The third-order valence-corrected chi connectivity index (χ3v) is 7.58. The number of aliphatic hydroxyl groups excluding tert-OH is 1. The quantitative estimate of drug-likeness (QED) is 0.812. The van der Waals surface area contributed by atoms with Crippen molar-refractivity contribution in [3.8, 4) is 0 Å². The predicted molar refractivity (Wildman–Crippen MR) is 99.0 cm³/mol. The van der Waals surface area contributed by atoms with Crippen LogP contribution in [0, 0.1) is 18.7 Å². The Morgan fingerprint density at radius 3 is 2.59 bits per heavy atom. The molecule has 1 aromatic rings. The molecule has 8 heteroatoms. The van der Waals surface area contributed by atoms with Gasteiger partial charge >= 0.3 is 0 Å². The molecule has 1 unspecified atom stereocenters. The first-order valence-corrected chi connectivity index (χ1v) is 11.0. The summed E-state index contributed by atoms with van der Waals surface area (Å²) >= 11 is 0. The minimum Gasteiger partial charge on any atom is -0.393 e. The first-order valence-electron chi connectivity index (χ1n) is 9.52. The second-order valence-electron chi connectivity index (χ2n) is 7.63. The number of carbonyl (C=O) groups is 1. The molecule has 1 aliphatic carbocycles. The number of amides is 1. The molecule has 0 radical (unpaired) electrons. The van der Waals surface area contributed by atoms with Crippen molar-refractivity contribution in [1.82, 2.24) is 9.62 Å². The largest absolute Gasteiger partial charge is 0.393 e. The third kappa shape index (κ3) is 4.67. The van der Waals surface area contributed by atoms with Crippen LogP contribution in [0.15, 0.2) is 23.1 Å². The van der Waals surface area contributed by atoms with Crippen molar-refractivity contribution in [2.45, 2.75) is 62.5 Å². The number of aliphatic hydroxyl groups is 1. The summed E-state index contributed by atoms with van der Waals surface area (Å²) in [4.78, 5) is 12.7. The average molecular weight is 399 g/mol. The number of hydrogen-bond acceptors (Lipinski definition) is 4. The summed E-state index contributed by atoms with van der Waals surface area (Å²) in [5, 5.41) is 12.6. The van der Waals surface area contributed by atoms with Crippen molar-refractivity contribution in [1.29, 1.82) is 0 Å². The number of carbonyl (C=O) groups excluding carboxylic acids is 1. The fourth-order valence-electron chi connectivity index (χ4n) is 3.96. The van der Waals surface area contributed by atoms with E-state index in [1.165, 1.54) is 16.4 Å². The molecule has 1 aliphatic heterocycles. The van der Waals surface area contributed by atoms with Crippen LogP contribution in [-0.4, -0.2) is 49.0 Å². The van der Waals surface area contributed by atoms with Gasteiger partial charge in [0.15, 0.2) is 0 Å². The topological polar surface area (TPSA) is 86.7 Å². The van der Waals surface area contributed by atoms with Crippen LogP contribution in [0.1, 0.15) is 44.1 Å². The van der Waals surface area contributed by atoms with Crippen LogP contribution in [0.4, 0.5) is 4.39 Å². The normalized spacial score (nSPS) is 27.3. The fraction of sp³-hybridized carbons (Fsp3) is 0.632. The van der Waals surface area contributed by atoms with E-state index in [0.29, 0.717) is 37.8 Å². The van der Waals surface area contributed by atoms with Gasteiger partial charge in [0.05, 0.1) is 16.9 Å². The van der Waals surface area contributed by atoms with Gasteiger partial charge in [-0.15, -0.1) is 0 Å². The molecule has 27 heavy (non-hydrogen) atoms. The van der Waals surface area contributed by atoms with Gasteiger partial charge < -0.3 is 10.4 Å². The Balaban J connectivity index is 1.67. The molecule has 0 bridgehead atoms. The Morgan fingerprint density at radius 2 is 1.93 bits per heavy atom. The van der Waals surface area contributed by atoms with Gasteiger partial charge in [-0.1, -0.05) is 0 Å². The lowest BCUT2D eigenvalue weighted by atomic mass is 9.92. The van der Waals surface area contributed by atoms with Gasteiger partial charge in [0.25, 0.3) is 0 Å². The van der Waals surface area contributed by atoms with Crippen molar-refractivity contribution < 1.29 is 22.7 Å². The maximum Gasteiger partial charge on any atom is 0.243 e. The highest BCUT2D eigenvalue weighted by Crippen LogP contribution is 2.27. The second kappa shape index (κ2) is 8.24. The van der Waals surface area contributed by atoms with Gasteiger partial charge in [0.1, 0.15) is 5.82 Å². The minimum absolute atomic E-state index is 0.0484. The molecule has 150 valence electrons. The number of sulfonamides is 1. The molecule has 3 rings (SSSR count). The first kappa shape index (κ1) is 20.2. The van der Waals surface area contributed by atoms with E-state index >= 15 is 0 Å². The molecule has 2 aliphatic rings. The van der Waals surface area contributed by atoms with Gasteiger partial charge in [0.2, 0.25) is 15.9 Å². The monoisotopic (exact) mass is 398 g/mol. The zero-order chi connectivity index (χ0) is 19.6. The molecule has 1 aromatic carbocycles. The summed E-state index contributed by atoms with van der Waals surface area (Å²) in [5.74, 6) is -0.979. The summed E-state index contributed by atoms with van der Waals surface area (Å²) in [6.07, 6.45) is 3.83. The number of halogens is 1. The zero-order valence-electron chi connectivity index (χ0n) is 15.5. The Morgan fingerprint density at radius 1 is 1.22 bits per heavy atom. The molecular weight excluding hydrogens is 371 g/mol. The lowest BCUT2D eigenvalue weighted by Gasteiger charge is -2.33. The number of piperidine rings is 1. The Hall–Kier alpha value is -1.51. The molecule has 1 saturated carbocycles. The number of nitrogens with zero attached hydrogens (tertiary/aromatic N) is 1. The number of hydrogen-bond donors (Lipinski definition) is 2. The van der Waals surface area contributed by atoms with Gasteiger partial charge in [-0.3, -0.25) is 4.79 Å². The van der Waals surface area contributed by atoms with Crippen molar-refractivity contribution in [3.05, 3.63) is 29.6 Å². The molecule has 0 spiro atoms. The second-order valence-corrected chi connectivity index (χ2v) is 9.53. The van der Waals surface area contributed by atoms with Crippen LogP contribution in [0.3, 0.4) is 0 Å². The smallest absolute Gasteiger partial charge is 0.243 e.